The highest BCUT2D eigenvalue weighted by molar-refractivity contribution is 5.94. The first kappa shape index (κ1) is 35.9. The van der Waals surface area contributed by atoms with Crippen LogP contribution in [0.5, 0.6) is 0 Å². The van der Waals surface area contributed by atoms with Crippen molar-refractivity contribution in [3.8, 4) is 0 Å². The molecule has 260 valence electrons. The molecular formula is C39H50O9. The summed E-state index contributed by atoms with van der Waals surface area (Å²) in [5.74, 6) is -2.22. The van der Waals surface area contributed by atoms with E-state index in [1.165, 1.54) is 7.11 Å². The number of ether oxygens (including phenoxy) is 5. The van der Waals surface area contributed by atoms with Gasteiger partial charge in [-0.25, -0.2) is 4.79 Å². The molecule has 2 bridgehead atoms. The molecule has 48 heavy (non-hydrogen) atoms. The highest BCUT2D eigenvalue weighted by Gasteiger charge is 2.69. The third kappa shape index (κ3) is 6.26. The van der Waals surface area contributed by atoms with E-state index < -0.39 is 64.3 Å². The summed E-state index contributed by atoms with van der Waals surface area (Å²) in [4.78, 5) is 42.4. The maximum atomic E-state index is 15.1. The van der Waals surface area contributed by atoms with E-state index in [1.54, 1.807) is 37.4 Å². The number of carbonyl (C=O) groups is 3. The number of hydrogen-bond acceptors (Lipinski definition) is 9. The zero-order valence-electron chi connectivity index (χ0n) is 29.4. The summed E-state index contributed by atoms with van der Waals surface area (Å²) in [6.07, 6.45) is -3.03. The number of ketones is 1. The number of fused-ring (bicyclic) bond motifs is 3. The van der Waals surface area contributed by atoms with Gasteiger partial charge in [0.1, 0.15) is 23.9 Å². The van der Waals surface area contributed by atoms with E-state index in [0.717, 1.165) is 5.56 Å². The van der Waals surface area contributed by atoms with Crippen molar-refractivity contribution in [3.05, 3.63) is 82.9 Å². The van der Waals surface area contributed by atoms with Gasteiger partial charge in [-0.2, -0.15) is 0 Å². The van der Waals surface area contributed by atoms with Gasteiger partial charge in [-0.1, -0.05) is 62.4 Å². The molecular weight excluding hydrogens is 612 g/mol. The van der Waals surface area contributed by atoms with Crippen molar-refractivity contribution < 1.29 is 43.2 Å². The van der Waals surface area contributed by atoms with E-state index in [-0.39, 0.29) is 25.2 Å². The summed E-state index contributed by atoms with van der Waals surface area (Å²) in [5.41, 5.74) is -2.59. The van der Waals surface area contributed by atoms with Gasteiger partial charge in [-0.05, 0) is 63.0 Å². The zero-order valence-corrected chi connectivity index (χ0v) is 29.4. The first-order chi connectivity index (χ1) is 22.6. The van der Waals surface area contributed by atoms with Crippen molar-refractivity contribution in [2.75, 3.05) is 20.8 Å². The largest absolute Gasteiger partial charge is 0.458 e. The fraction of sp³-hybridized carbons (Fsp3) is 0.564. The number of methoxy groups -OCH3 is 2. The van der Waals surface area contributed by atoms with Gasteiger partial charge >= 0.3 is 11.9 Å². The Balaban J connectivity index is 1.67. The molecule has 0 amide bonds. The number of carbonyl (C=O) groups excluding carboxylic acids is 3. The Morgan fingerprint density at radius 2 is 1.52 bits per heavy atom. The zero-order chi connectivity index (χ0) is 35.1. The molecule has 1 saturated carbocycles. The predicted molar refractivity (Wildman–Crippen MR) is 179 cm³/mol. The number of hydrogen-bond donors (Lipinski definition) is 1. The van der Waals surface area contributed by atoms with Crippen molar-refractivity contribution in [2.45, 2.75) is 103 Å². The van der Waals surface area contributed by atoms with Gasteiger partial charge in [0.05, 0.1) is 29.3 Å². The number of benzene rings is 2. The second-order valence-electron chi connectivity index (χ2n) is 14.9. The summed E-state index contributed by atoms with van der Waals surface area (Å²) < 4.78 is 31.1. The number of aryl methyl sites for hydroxylation is 1. The number of Topliss-reactive ketones (excluding diaryl/α,β-unsaturated/α-hetero) is 1. The van der Waals surface area contributed by atoms with Gasteiger partial charge in [0.2, 0.25) is 0 Å². The van der Waals surface area contributed by atoms with Crippen LogP contribution in [0.1, 0.15) is 76.7 Å². The molecule has 2 aromatic carbocycles. The van der Waals surface area contributed by atoms with Crippen LogP contribution < -0.4 is 0 Å². The Kier molecular flexibility index (Phi) is 10.1. The molecule has 2 aromatic rings. The van der Waals surface area contributed by atoms with Crippen molar-refractivity contribution in [1.29, 1.82) is 0 Å². The lowest BCUT2D eigenvalue weighted by atomic mass is 9.50. The van der Waals surface area contributed by atoms with E-state index in [0.29, 0.717) is 29.6 Å². The van der Waals surface area contributed by atoms with Crippen molar-refractivity contribution in [2.24, 2.45) is 16.7 Å². The highest BCUT2D eigenvalue weighted by Crippen LogP contribution is 2.59. The fourth-order valence-electron chi connectivity index (χ4n) is 8.26. The Hall–Kier alpha value is -3.37. The van der Waals surface area contributed by atoms with Crippen LogP contribution in [0, 0.1) is 16.7 Å². The maximum Gasteiger partial charge on any atom is 0.338 e. The van der Waals surface area contributed by atoms with Crippen LogP contribution in [0.4, 0.5) is 0 Å². The van der Waals surface area contributed by atoms with Gasteiger partial charge in [0.25, 0.3) is 0 Å². The first-order valence-electron chi connectivity index (χ1n) is 16.8. The van der Waals surface area contributed by atoms with Crippen LogP contribution in [-0.4, -0.2) is 79.3 Å². The minimum absolute atomic E-state index is 0.00375. The summed E-state index contributed by atoms with van der Waals surface area (Å²) in [7, 11) is 3.03. The van der Waals surface area contributed by atoms with Crippen molar-refractivity contribution in [1.82, 2.24) is 0 Å². The topological polar surface area (TPSA) is 118 Å². The van der Waals surface area contributed by atoms with Crippen molar-refractivity contribution >= 4 is 17.7 Å². The molecule has 1 N–H and O–H groups in total. The first-order valence-corrected chi connectivity index (χ1v) is 16.8. The highest BCUT2D eigenvalue weighted by atomic mass is 16.6. The van der Waals surface area contributed by atoms with Crippen LogP contribution in [0.3, 0.4) is 0 Å². The average molecular weight is 663 g/mol. The quantitative estimate of drug-likeness (QED) is 0.282. The Morgan fingerprint density at radius 1 is 0.896 bits per heavy atom. The maximum absolute atomic E-state index is 15.1. The van der Waals surface area contributed by atoms with Crippen molar-refractivity contribution in [3.63, 3.8) is 0 Å². The molecule has 1 heterocycles. The standard InChI is InChI=1S/C39H50O9/c1-24-28(47-30(40)20-19-25-15-11-9-12-16-25)21-39(43)34(48-35(42)26-17-13-10-14-18-26)27-23-46-36(2,3)22-29(44-7)38(27,6)33(41)32(45-8)31(24)37(39,4)5/h9-18,27-29,32,34,43H,19-23H2,1-8H3/t27-,28-,29-,32+,34-,38-,39+/m0/s1. The minimum Gasteiger partial charge on any atom is -0.458 e. The molecule has 2 aliphatic carbocycles. The molecule has 3 aliphatic rings. The number of aliphatic hydroxyl groups is 1. The summed E-state index contributed by atoms with van der Waals surface area (Å²) in [5, 5.41) is 13.3. The lowest BCUT2D eigenvalue weighted by Crippen LogP contribution is -2.70. The molecule has 7 atom stereocenters. The van der Waals surface area contributed by atoms with Gasteiger partial charge in [0, 0.05) is 44.8 Å². The SMILES string of the molecule is CO[C@H]1C(=O)[C@]2(C)[C@@H](OC)CC(C)(C)OC[C@H]2[C@H](OC(=O)c2ccccc2)[C@]2(O)C[C@H](OC(=O)CCc3ccccc3)C(C)=C1C2(C)C. The Labute approximate surface area is 283 Å². The van der Waals surface area contributed by atoms with Crippen LogP contribution in [0.2, 0.25) is 0 Å². The van der Waals surface area contributed by atoms with E-state index in [4.69, 9.17) is 23.7 Å². The van der Waals surface area contributed by atoms with Crippen LogP contribution in [-0.2, 0) is 39.7 Å². The number of esters is 2. The molecule has 2 fully saturated rings. The Morgan fingerprint density at radius 3 is 2.12 bits per heavy atom. The Bertz CT molecular complexity index is 1530. The van der Waals surface area contributed by atoms with Gasteiger partial charge in [-0.15, -0.1) is 0 Å². The third-order valence-corrected chi connectivity index (χ3v) is 11.3. The second-order valence-corrected chi connectivity index (χ2v) is 14.9. The van der Waals surface area contributed by atoms with Gasteiger partial charge < -0.3 is 28.8 Å². The molecule has 0 aromatic heterocycles. The van der Waals surface area contributed by atoms with Crippen LogP contribution in [0.15, 0.2) is 71.8 Å². The average Bonchev–Trinajstić information content (AvgIpc) is 3.16. The number of rotatable bonds is 8. The molecule has 0 radical (unpaired) electrons. The van der Waals surface area contributed by atoms with E-state index >= 15 is 4.79 Å². The molecule has 5 rings (SSSR count). The van der Waals surface area contributed by atoms with Crippen LogP contribution >= 0.6 is 0 Å². The molecule has 1 saturated heterocycles. The predicted octanol–water partition coefficient (Wildman–Crippen LogP) is 5.67. The summed E-state index contributed by atoms with van der Waals surface area (Å²) in [6, 6.07) is 18.2. The van der Waals surface area contributed by atoms with Gasteiger partial charge in [-0.3, -0.25) is 9.59 Å². The second kappa shape index (κ2) is 13.5. The molecule has 1 aliphatic heterocycles. The van der Waals surface area contributed by atoms with Gasteiger partial charge in [0.15, 0.2) is 5.78 Å². The molecule has 0 spiro atoms. The van der Waals surface area contributed by atoms with E-state index in [1.807, 2.05) is 71.9 Å². The normalized spacial score (nSPS) is 32.7. The summed E-state index contributed by atoms with van der Waals surface area (Å²) in [6.45, 7) is 11.2. The molecule has 0 unspecified atom stereocenters. The monoisotopic (exact) mass is 662 g/mol. The smallest absolute Gasteiger partial charge is 0.338 e. The lowest BCUT2D eigenvalue weighted by Gasteiger charge is -2.59. The molecule has 9 nitrogen and oxygen atoms in total. The van der Waals surface area contributed by atoms with Crippen LogP contribution in [0.25, 0.3) is 0 Å². The van der Waals surface area contributed by atoms with E-state index in [9.17, 15) is 14.7 Å². The lowest BCUT2D eigenvalue weighted by molar-refractivity contribution is -0.220. The summed E-state index contributed by atoms with van der Waals surface area (Å²) >= 11 is 0. The minimum atomic E-state index is -1.84. The third-order valence-electron chi connectivity index (χ3n) is 11.3. The molecule has 9 heteroatoms. The fourth-order valence-corrected chi connectivity index (χ4v) is 8.26. The van der Waals surface area contributed by atoms with E-state index in [2.05, 4.69) is 0 Å².